The van der Waals surface area contributed by atoms with Crippen molar-refractivity contribution in [2.75, 3.05) is 26.9 Å². The summed E-state index contributed by atoms with van der Waals surface area (Å²) in [5.74, 6) is 0. The van der Waals surface area contributed by atoms with Gasteiger partial charge in [-0.15, -0.1) is 0 Å². The summed E-state index contributed by atoms with van der Waals surface area (Å²) in [6.45, 7) is 4.79. The third kappa shape index (κ3) is 4.27. The summed E-state index contributed by atoms with van der Waals surface area (Å²) in [5.41, 5.74) is 1.06. The molecule has 0 amide bonds. The molecule has 0 radical (unpaired) electrons. The maximum atomic E-state index is 12.3. The predicted octanol–water partition coefficient (Wildman–Crippen LogP) is 0.197. The number of rotatable bonds is 9. The molecule has 20 heavy (non-hydrogen) atoms. The van der Waals surface area contributed by atoms with Crippen molar-refractivity contribution in [3.63, 3.8) is 0 Å². The minimum absolute atomic E-state index is 0.0513. The third-order valence-corrected chi connectivity index (χ3v) is 4.64. The molecule has 8 heteroatoms. The van der Waals surface area contributed by atoms with Crippen LogP contribution >= 0.6 is 0 Å². The van der Waals surface area contributed by atoms with Crippen LogP contribution in [-0.4, -0.2) is 50.2 Å². The Kier molecular flexibility index (Phi) is 6.60. The lowest BCUT2D eigenvalue weighted by Gasteiger charge is -2.07. The molecule has 0 aliphatic rings. The van der Waals surface area contributed by atoms with E-state index in [2.05, 4.69) is 9.82 Å². The van der Waals surface area contributed by atoms with E-state index in [1.54, 1.807) is 25.6 Å². The molecule has 0 bridgehead atoms. The van der Waals surface area contributed by atoms with Crippen molar-refractivity contribution >= 4 is 10.0 Å². The molecule has 0 fully saturated rings. The van der Waals surface area contributed by atoms with Crippen molar-refractivity contribution in [2.24, 2.45) is 0 Å². The average Bonchev–Trinajstić information content (AvgIpc) is 2.67. The first-order chi connectivity index (χ1) is 9.44. The van der Waals surface area contributed by atoms with Crippen LogP contribution in [0.4, 0.5) is 0 Å². The Balaban J connectivity index is 2.86. The first kappa shape index (κ1) is 17.1. The van der Waals surface area contributed by atoms with Crippen molar-refractivity contribution in [1.29, 1.82) is 0 Å². The first-order valence-corrected chi connectivity index (χ1v) is 8.05. The Morgan fingerprint density at radius 2 is 2.05 bits per heavy atom. The van der Waals surface area contributed by atoms with E-state index in [0.29, 0.717) is 43.9 Å². The summed E-state index contributed by atoms with van der Waals surface area (Å²) in [7, 11) is -1.98. The minimum Gasteiger partial charge on any atom is -0.396 e. The SMILES string of the molecule is COCCCNS(=O)(=O)c1c(C)nn(CCCO)c1C. The molecule has 0 spiro atoms. The van der Waals surface area contributed by atoms with Crippen molar-refractivity contribution in [3.8, 4) is 0 Å². The van der Waals surface area contributed by atoms with E-state index in [-0.39, 0.29) is 11.5 Å². The van der Waals surface area contributed by atoms with Crippen LogP contribution in [-0.2, 0) is 21.3 Å². The molecule has 0 saturated heterocycles. The van der Waals surface area contributed by atoms with Gasteiger partial charge in [0, 0.05) is 33.4 Å². The second-order valence-electron chi connectivity index (χ2n) is 4.54. The number of hydrogen-bond donors (Lipinski definition) is 2. The quantitative estimate of drug-likeness (QED) is 0.636. The Morgan fingerprint density at radius 1 is 1.35 bits per heavy atom. The highest BCUT2D eigenvalue weighted by atomic mass is 32.2. The standard InChI is InChI=1S/C12H23N3O4S/c1-10-12(11(2)15(14-10)7-5-8-16)20(17,18)13-6-4-9-19-3/h13,16H,4-9H2,1-3H3. The zero-order valence-corrected chi connectivity index (χ0v) is 13.0. The lowest BCUT2D eigenvalue weighted by molar-refractivity contribution is 0.196. The zero-order valence-electron chi connectivity index (χ0n) is 12.2. The van der Waals surface area contributed by atoms with E-state index < -0.39 is 10.0 Å². The maximum absolute atomic E-state index is 12.3. The predicted molar refractivity (Wildman–Crippen MR) is 75.1 cm³/mol. The topological polar surface area (TPSA) is 93.5 Å². The summed E-state index contributed by atoms with van der Waals surface area (Å²) in [5, 5.41) is 13.1. The van der Waals surface area contributed by atoms with Gasteiger partial charge in [0.1, 0.15) is 4.90 Å². The molecule has 1 heterocycles. The van der Waals surface area contributed by atoms with Crippen LogP contribution in [0.3, 0.4) is 0 Å². The van der Waals surface area contributed by atoms with Gasteiger partial charge in [-0.25, -0.2) is 13.1 Å². The van der Waals surface area contributed by atoms with E-state index >= 15 is 0 Å². The fourth-order valence-corrected chi connectivity index (χ4v) is 3.48. The van der Waals surface area contributed by atoms with E-state index in [4.69, 9.17) is 9.84 Å². The number of methoxy groups -OCH3 is 1. The summed E-state index contributed by atoms with van der Waals surface area (Å²) >= 11 is 0. The molecule has 0 aliphatic carbocycles. The molecular formula is C12H23N3O4S. The summed E-state index contributed by atoms with van der Waals surface area (Å²) < 4.78 is 33.6. The number of sulfonamides is 1. The second kappa shape index (κ2) is 7.72. The highest BCUT2D eigenvalue weighted by Crippen LogP contribution is 2.19. The van der Waals surface area contributed by atoms with Crippen LogP contribution in [0.5, 0.6) is 0 Å². The van der Waals surface area contributed by atoms with E-state index in [9.17, 15) is 8.42 Å². The number of aliphatic hydroxyl groups excluding tert-OH is 1. The monoisotopic (exact) mass is 305 g/mol. The Labute approximate surface area is 120 Å². The molecule has 0 aliphatic heterocycles. The lowest BCUT2D eigenvalue weighted by Crippen LogP contribution is -2.26. The zero-order chi connectivity index (χ0) is 15.2. The Morgan fingerprint density at radius 3 is 2.65 bits per heavy atom. The van der Waals surface area contributed by atoms with Crippen molar-refractivity contribution in [1.82, 2.24) is 14.5 Å². The molecule has 1 aromatic heterocycles. The Hall–Kier alpha value is -0.960. The van der Waals surface area contributed by atoms with Gasteiger partial charge < -0.3 is 9.84 Å². The summed E-state index contributed by atoms with van der Waals surface area (Å²) in [6, 6.07) is 0. The minimum atomic E-state index is -3.56. The van der Waals surface area contributed by atoms with Gasteiger partial charge in [-0.2, -0.15) is 5.10 Å². The van der Waals surface area contributed by atoms with Gasteiger partial charge in [0.2, 0.25) is 10.0 Å². The molecule has 1 aromatic rings. The van der Waals surface area contributed by atoms with Gasteiger partial charge in [-0.3, -0.25) is 4.68 Å². The number of aryl methyl sites for hydroxylation is 2. The van der Waals surface area contributed by atoms with Gasteiger partial charge >= 0.3 is 0 Å². The molecule has 0 aromatic carbocycles. The van der Waals surface area contributed by atoms with Crippen LogP contribution in [0.1, 0.15) is 24.2 Å². The number of nitrogens with zero attached hydrogens (tertiary/aromatic N) is 2. The molecule has 0 unspecified atom stereocenters. The smallest absolute Gasteiger partial charge is 0.244 e. The number of ether oxygens (including phenoxy) is 1. The molecule has 2 N–H and O–H groups in total. The summed E-state index contributed by atoms with van der Waals surface area (Å²) in [4.78, 5) is 0.229. The maximum Gasteiger partial charge on any atom is 0.244 e. The van der Waals surface area contributed by atoms with Crippen LogP contribution in [0.2, 0.25) is 0 Å². The van der Waals surface area contributed by atoms with Crippen molar-refractivity contribution in [3.05, 3.63) is 11.4 Å². The molecule has 1 rings (SSSR count). The van der Waals surface area contributed by atoms with E-state index in [0.717, 1.165) is 0 Å². The normalized spacial score (nSPS) is 12.0. The largest absolute Gasteiger partial charge is 0.396 e. The lowest BCUT2D eigenvalue weighted by atomic mass is 10.4. The fraction of sp³-hybridized carbons (Fsp3) is 0.750. The molecule has 116 valence electrons. The summed E-state index contributed by atoms with van der Waals surface area (Å²) in [6.07, 6.45) is 1.16. The van der Waals surface area contributed by atoms with Gasteiger partial charge in [0.25, 0.3) is 0 Å². The Bertz CT molecular complexity index is 525. The molecule has 0 atom stereocenters. The van der Waals surface area contributed by atoms with Crippen molar-refractivity contribution in [2.45, 2.75) is 38.1 Å². The highest BCUT2D eigenvalue weighted by Gasteiger charge is 2.23. The number of hydrogen-bond acceptors (Lipinski definition) is 5. The highest BCUT2D eigenvalue weighted by molar-refractivity contribution is 7.89. The fourth-order valence-electron chi connectivity index (χ4n) is 2.00. The average molecular weight is 305 g/mol. The van der Waals surface area contributed by atoms with Crippen molar-refractivity contribution < 1.29 is 18.3 Å². The number of nitrogens with one attached hydrogen (secondary N) is 1. The van der Waals surface area contributed by atoms with E-state index in [1.165, 1.54) is 0 Å². The van der Waals surface area contributed by atoms with Gasteiger partial charge in [0.05, 0.1) is 11.4 Å². The third-order valence-electron chi connectivity index (χ3n) is 2.93. The van der Waals surface area contributed by atoms with Gasteiger partial charge in [-0.1, -0.05) is 0 Å². The number of aliphatic hydroxyl groups is 1. The first-order valence-electron chi connectivity index (χ1n) is 6.57. The van der Waals surface area contributed by atoms with Crippen LogP contribution in [0.15, 0.2) is 4.90 Å². The van der Waals surface area contributed by atoms with Gasteiger partial charge in [0.15, 0.2) is 0 Å². The van der Waals surface area contributed by atoms with Crippen LogP contribution in [0.25, 0.3) is 0 Å². The molecular weight excluding hydrogens is 282 g/mol. The van der Waals surface area contributed by atoms with E-state index in [1.807, 2.05) is 0 Å². The molecule has 0 saturated carbocycles. The van der Waals surface area contributed by atoms with Crippen LogP contribution in [0, 0.1) is 13.8 Å². The van der Waals surface area contributed by atoms with Crippen LogP contribution < -0.4 is 4.72 Å². The van der Waals surface area contributed by atoms with Gasteiger partial charge in [-0.05, 0) is 26.7 Å². The number of aromatic nitrogens is 2. The molecule has 7 nitrogen and oxygen atoms in total. The second-order valence-corrected chi connectivity index (χ2v) is 6.25.